The van der Waals surface area contributed by atoms with E-state index in [1.54, 1.807) is 6.92 Å². The molecule has 1 aromatic carbocycles. The minimum atomic E-state index is -3.81. The Balaban J connectivity index is 2.21. The van der Waals surface area contributed by atoms with E-state index in [0.29, 0.717) is 6.61 Å². The van der Waals surface area contributed by atoms with E-state index < -0.39 is 15.8 Å². The van der Waals surface area contributed by atoms with Gasteiger partial charge in [-0.1, -0.05) is 0 Å². The Labute approximate surface area is 118 Å². The standard InChI is InChI=1S/C13H19FN2O3S/c1-8-11(14)6-10(7-12(8)15)20(17,18)16-9(2)13-4-3-5-19-13/h6-7,9,13,16H,3-5,15H2,1-2H3. The van der Waals surface area contributed by atoms with Crippen molar-refractivity contribution in [2.24, 2.45) is 0 Å². The van der Waals surface area contributed by atoms with Gasteiger partial charge in [-0.2, -0.15) is 0 Å². The number of nitrogens with two attached hydrogens (primary N) is 1. The van der Waals surface area contributed by atoms with E-state index in [4.69, 9.17) is 10.5 Å². The van der Waals surface area contributed by atoms with Gasteiger partial charge in [0, 0.05) is 23.9 Å². The van der Waals surface area contributed by atoms with Crippen LogP contribution in [-0.2, 0) is 14.8 Å². The topological polar surface area (TPSA) is 81.4 Å². The summed E-state index contributed by atoms with van der Waals surface area (Å²) in [4.78, 5) is -0.164. The molecule has 5 nitrogen and oxygen atoms in total. The number of ether oxygens (including phenoxy) is 1. The lowest BCUT2D eigenvalue weighted by Gasteiger charge is -2.20. The van der Waals surface area contributed by atoms with Crippen molar-refractivity contribution in [2.75, 3.05) is 12.3 Å². The van der Waals surface area contributed by atoms with Crippen LogP contribution < -0.4 is 10.5 Å². The van der Waals surface area contributed by atoms with E-state index in [0.717, 1.165) is 18.9 Å². The van der Waals surface area contributed by atoms with Crippen LogP contribution in [0.4, 0.5) is 10.1 Å². The molecule has 1 fully saturated rings. The van der Waals surface area contributed by atoms with Gasteiger partial charge in [0.25, 0.3) is 0 Å². The van der Waals surface area contributed by atoms with Crippen molar-refractivity contribution in [2.45, 2.75) is 43.7 Å². The summed E-state index contributed by atoms with van der Waals surface area (Å²) in [5.41, 5.74) is 5.98. The second-order valence-electron chi connectivity index (χ2n) is 5.08. The van der Waals surface area contributed by atoms with Crippen LogP contribution in [-0.4, -0.2) is 27.2 Å². The van der Waals surface area contributed by atoms with Crippen LogP contribution in [0.5, 0.6) is 0 Å². The zero-order chi connectivity index (χ0) is 14.9. The van der Waals surface area contributed by atoms with E-state index >= 15 is 0 Å². The van der Waals surface area contributed by atoms with E-state index in [-0.39, 0.29) is 28.3 Å². The minimum absolute atomic E-state index is 0.121. The molecule has 3 N–H and O–H groups in total. The summed E-state index contributed by atoms with van der Waals surface area (Å²) >= 11 is 0. The molecule has 0 saturated carbocycles. The van der Waals surface area contributed by atoms with Crippen LogP contribution >= 0.6 is 0 Å². The number of benzene rings is 1. The van der Waals surface area contributed by atoms with Gasteiger partial charge in [-0.25, -0.2) is 17.5 Å². The average molecular weight is 302 g/mol. The van der Waals surface area contributed by atoms with Crippen molar-refractivity contribution in [3.8, 4) is 0 Å². The summed E-state index contributed by atoms with van der Waals surface area (Å²) in [6.45, 7) is 3.88. The predicted octanol–water partition coefficient (Wildman–Crippen LogP) is 1.56. The fourth-order valence-electron chi connectivity index (χ4n) is 2.21. The molecule has 1 aliphatic heterocycles. The third kappa shape index (κ3) is 3.11. The van der Waals surface area contributed by atoms with Gasteiger partial charge in [0.15, 0.2) is 0 Å². The maximum Gasteiger partial charge on any atom is 0.241 e. The monoisotopic (exact) mass is 302 g/mol. The molecule has 2 unspecified atom stereocenters. The van der Waals surface area contributed by atoms with Crippen molar-refractivity contribution in [1.29, 1.82) is 0 Å². The summed E-state index contributed by atoms with van der Waals surface area (Å²) in [6.07, 6.45) is 1.59. The highest BCUT2D eigenvalue weighted by Crippen LogP contribution is 2.22. The summed E-state index contributed by atoms with van der Waals surface area (Å²) < 4.78 is 46.0. The molecule has 1 aromatic rings. The molecule has 112 valence electrons. The molecule has 0 bridgehead atoms. The van der Waals surface area contributed by atoms with Crippen molar-refractivity contribution >= 4 is 15.7 Å². The van der Waals surface area contributed by atoms with Crippen molar-refractivity contribution in [3.05, 3.63) is 23.5 Å². The van der Waals surface area contributed by atoms with Gasteiger partial charge in [0.2, 0.25) is 10.0 Å². The van der Waals surface area contributed by atoms with Crippen LogP contribution in [0, 0.1) is 12.7 Å². The Bertz CT molecular complexity index is 575. The fraction of sp³-hybridized carbons (Fsp3) is 0.538. The van der Waals surface area contributed by atoms with Crippen LogP contribution in [0.25, 0.3) is 0 Å². The quantitative estimate of drug-likeness (QED) is 0.827. The molecule has 2 atom stereocenters. The van der Waals surface area contributed by atoms with E-state index in [1.807, 2.05) is 0 Å². The second-order valence-corrected chi connectivity index (χ2v) is 6.79. The normalized spacial score (nSPS) is 21.1. The smallest absolute Gasteiger partial charge is 0.241 e. The first-order valence-corrected chi connectivity index (χ1v) is 7.99. The summed E-state index contributed by atoms with van der Waals surface area (Å²) in [5.74, 6) is -0.629. The SMILES string of the molecule is Cc1c(N)cc(S(=O)(=O)NC(C)C2CCCO2)cc1F. The number of nitrogen functional groups attached to an aromatic ring is 1. The van der Waals surface area contributed by atoms with Crippen molar-refractivity contribution in [1.82, 2.24) is 4.72 Å². The highest BCUT2D eigenvalue weighted by atomic mass is 32.2. The molecule has 0 aliphatic carbocycles. The molecule has 0 amide bonds. The highest BCUT2D eigenvalue weighted by molar-refractivity contribution is 7.89. The number of hydrogen-bond acceptors (Lipinski definition) is 4. The number of halogens is 1. The van der Waals surface area contributed by atoms with Gasteiger partial charge in [0.1, 0.15) is 5.82 Å². The first-order chi connectivity index (χ1) is 9.31. The van der Waals surface area contributed by atoms with Crippen LogP contribution in [0.2, 0.25) is 0 Å². The molecule has 1 heterocycles. The molecule has 0 spiro atoms. The minimum Gasteiger partial charge on any atom is -0.398 e. The zero-order valence-corrected chi connectivity index (χ0v) is 12.3. The number of nitrogens with one attached hydrogen (secondary N) is 1. The number of sulfonamides is 1. The molecule has 0 radical (unpaired) electrons. The van der Waals surface area contributed by atoms with Gasteiger partial charge in [-0.15, -0.1) is 0 Å². The molecule has 1 aliphatic rings. The van der Waals surface area contributed by atoms with Crippen LogP contribution in [0.3, 0.4) is 0 Å². The number of hydrogen-bond donors (Lipinski definition) is 2. The first-order valence-electron chi connectivity index (χ1n) is 6.51. The predicted molar refractivity (Wildman–Crippen MR) is 74.3 cm³/mol. The Morgan fingerprint density at radius 3 is 2.75 bits per heavy atom. The maximum absolute atomic E-state index is 13.6. The molecule has 20 heavy (non-hydrogen) atoms. The van der Waals surface area contributed by atoms with Crippen LogP contribution in [0.1, 0.15) is 25.3 Å². The zero-order valence-electron chi connectivity index (χ0n) is 11.5. The van der Waals surface area contributed by atoms with Gasteiger partial charge >= 0.3 is 0 Å². The summed E-state index contributed by atoms with van der Waals surface area (Å²) in [7, 11) is -3.81. The van der Waals surface area contributed by atoms with Gasteiger partial charge < -0.3 is 10.5 Å². The van der Waals surface area contributed by atoms with E-state index in [2.05, 4.69) is 4.72 Å². The second kappa shape index (κ2) is 5.67. The molecule has 2 rings (SSSR count). The van der Waals surface area contributed by atoms with Crippen LogP contribution in [0.15, 0.2) is 17.0 Å². The number of rotatable bonds is 4. The van der Waals surface area contributed by atoms with E-state index in [9.17, 15) is 12.8 Å². The Kier molecular flexibility index (Phi) is 4.31. The molecule has 7 heteroatoms. The molecular weight excluding hydrogens is 283 g/mol. The lowest BCUT2D eigenvalue weighted by Crippen LogP contribution is -2.40. The van der Waals surface area contributed by atoms with Crippen molar-refractivity contribution < 1.29 is 17.5 Å². The van der Waals surface area contributed by atoms with Gasteiger partial charge in [-0.05, 0) is 38.8 Å². The number of anilines is 1. The first kappa shape index (κ1) is 15.2. The van der Waals surface area contributed by atoms with Crippen molar-refractivity contribution in [3.63, 3.8) is 0 Å². The third-order valence-corrected chi connectivity index (χ3v) is 5.07. The average Bonchev–Trinajstić information content (AvgIpc) is 2.88. The molecular formula is C13H19FN2O3S. The summed E-state index contributed by atoms with van der Waals surface area (Å²) in [5, 5.41) is 0. The Hall–Kier alpha value is -1.18. The lowest BCUT2D eigenvalue weighted by atomic mass is 10.1. The Morgan fingerprint density at radius 2 is 2.20 bits per heavy atom. The van der Waals surface area contributed by atoms with E-state index in [1.165, 1.54) is 13.0 Å². The summed E-state index contributed by atoms with van der Waals surface area (Å²) in [6, 6.07) is 1.88. The Morgan fingerprint density at radius 1 is 1.50 bits per heavy atom. The lowest BCUT2D eigenvalue weighted by molar-refractivity contribution is 0.0902. The van der Waals surface area contributed by atoms with Gasteiger partial charge in [-0.3, -0.25) is 0 Å². The van der Waals surface area contributed by atoms with Gasteiger partial charge in [0.05, 0.1) is 11.0 Å². The molecule has 0 aromatic heterocycles. The fourth-order valence-corrected chi connectivity index (χ4v) is 3.53. The largest absolute Gasteiger partial charge is 0.398 e. The maximum atomic E-state index is 13.6. The third-order valence-electron chi connectivity index (χ3n) is 3.53. The highest BCUT2D eigenvalue weighted by Gasteiger charge is 2.27. The molecule has 1 saturated heterocycles.